The zero-order chi connectivity index (χ0) is 22.2. The van der Waals surface area contributed by atoms with E-state index in [-0.39, 0.29) is 19.0 Å². The number of alkyl halides is 3. The van der Waals surface area contributed by atoms with E-state index in [0.29, 0.717) is 17.6 Å². The van der Waals surface area contributed by atoms with Crippen molar-refractivity contribution in [2.75, 3.05) is 6.54 Å². The van der Waals surface area contributed by atoms with Crippen LogP contribution in [0.15, 0.2) is 64.3 Å². The quantitative estimate of drug-likeness (QED) is 0.597. The van der Waals surface area contributed by atoms with Gasteiger partial charge in [-0.2, -0.15) is 18.3 Å². The van der Waals surface area contributed by atoms with Gasteiger partial charge in [-0.3, -0.25) is 0 Å². The first kappa shape index (κ1) is 21.3. The number of nitrogens with one attached hydrogen (secondary N) is 1. The lowest BCUT2D eigenvalue weighted by molar-refractivity contribution is -0.139. The molecule has 164 valence electrons. The molecular weight excluding hydrogens is 433 g/mol. The first-order valence-electron chi connectivity index (χ1n) is 9.59. The van der Waals surface area contributed by atoms with Gasteiger partial charge >= 0.3 is 11.9 Å². The van der Waals surface area contributed by atoms with Crippen LogP contribution in [0.4, 0.5) is 13.2 Å². The molecule has 3 aromatic rings. The van der Waals surface area contributed by atoms with Gasteiger partial charge in [0.2, 0.25) is 10.0 Å². The molecule has 0 saturated heterocycles. The summed E-state index contributed by atoms with van der Waals surface area (Å²) in [4.78, 5) is 12.0. The molecule has 1 aliphatic carbocycles. The number of para-hydroxylation sites is 1. The molecule has 1 saturated carbocycles. The summed E-state index contributed by atoms with van der Waals surface area (Å²) in [5.74, 6) is 0.756. The van der Waals surface area contributed by atoms with Crippen LogP contribution in [-0.4, -0.2) is 29.3 Å². The third-order valence-corrected chi connectivity index (χ3v) is 6.44. The van der Waals surface area contributed by atoms with Crippen LogP contribution in [0, 0.1) is 0 Å². The molecule has 1 aromatic heterocycles. The lowest BCUT2D eigenvalue weighted by atomic mass is 10.2. The average molecular weight is 452 g/mol. The summed E-state index contributed by atoms with van der Waals surface area (Å²) in [6.07, 6.45) is -3.00. The van der Waals surface area contributed by atoms with E-state index in [2.05, 4.69) is 9.82 Å². The largest absolute Gasteiger partial charge is 0.417 e. The van der Waals surface area contributed by atoms with Crippen molar-refractivity contribution in [1.82, 2.24) is 19.1 Å². The number of nitrogens with zero attached hydrogens (tertiary/aromatic N) is 3. The summed E-state index contributed by atoms with van der Waals surface area (Å²) >= 11 is 0. The lowest BCUT2D eigenvalue weighted by Gasteiger charge is -2.13. The lowest BCUT2D eigenvalue weighted by Crippen LogP contribution is -2.32. The van der Waals surface area contributed by atoms with E-state index in [1.807, 2.05) is 6.07 Å². The Morgan fingerprint density at radius 2 is 1.68 bits per heavy atom. The van der Waals surface area contributed by atoms with E-state index in [9.17, 15) is 26.4 Å². The van der Waals surface area contributed by atoms with Crippen molar-refractivity contribution in [2.24, 2.45) is 0 Å². The Balaban J connectivity index is 1.56. The third-order valence-electron chi connectivity index (χ3n) is 4.92. The van der Waals surface area contributed by atoms with Gasteiger partial charge in [0.25, 0.3) is 0 Å². The first-order chi connectivity index (χ1) is 14.7. The zero-order valence-corrected chi connectivity index (χ0v) is 17.0. The molecule has 31 heavy (non-hydrogen) atoms. The van der Waals surface area contributed by atoms with Gasteiger partial charge in [0, 0.05) is 12.5 Å². The molecule has 0 bridgehead atoms. The minimum Gasteiger partial charge on any atom is -0.247 e. The monoisotopic (exact) mass is 452 g/mol. The highest BCUT2D eigenvalue weighted by Crippen LogP contribution is 2.39. The van der Waals surface area contributed by atoms with Gasteiger partial charge in [0.05, 0.1) is 22.7 Å². The molecule has 11 heteroatoms. The molecular formula is C20H19F3N4O3S. The molecule has 1 fully saturated rings. The zero-order valence-electron chi connectivity index (χ0n) is 16.2. The number of hydrogen-bond acceptors (Lipinski definition) is 4. The maximum Gasteiger partial charge on any atom is 0.417 e. The second kappa shape index (κ2) is 7.97. The SMILES string of the molecule is O=c1n(CCNS(=O)(=O)c2ccccc2C(F)(F)F)nc(C2CC2)n1-c1ccccc1. The Labute approximate surface area is 176 Å². The fourth-order valence-electron chi connectivity index (χ4n) is 3.29. The Kier molecular flexibility index (Phi) is 5.48. The number of rotatable bonds is 7. The maximum absolute atomic E-state index is 13.2. The highest BCUT2D eigenvalue weighted by molar-refractivity contribution is 7.89. The molecule has 4 rings (SSSR count). The van der Waals surface area contributed by atoms with Crippen molar-refractivity contribution in [3.8, 4) is 5.69 Å². The first-order valence-corrected chi connectivity index (χ1v) is 11.1. The Morgan fingerprint density at radius 3 is 2.32 bits per heavy atom. The maximum atomic E-state index is 13.2. The Hall–Kier alpha value is -2.92. The van der Waals surface area contributed by atoms with E-state index in [1.165, 1.54) is 10.6 Å². The number of sulfonamides is 1. The highest BCUT2D eigenvalue weighted by Gasteiger charge is 2.37. The average Bonchev–Trinajstić information content (AvgIpc) is 3.52. The van der Waals surface area contributed by atoms with Crippen LogP contribution >= 0.6 is 0 Å². The Bertz CT molecular complexity index is 1250. The van der Waals surface area contributed by atoms with Gasteiger partial charge in [0.15, 0.2) is 0 Å². The van der Waals surface area contributed by atoms with Crippen molar-refractivity contribution in [3.63, 3.8) is 0 Å². The molecule has 1 heterocycles. The van der Waals surface area contributed by atoms with Crippen LogP contribution in [0.5, 0.6) is 0 Å². The predicted octanol–water partition coefficient (Wildman–Crippen LogP) is 2.91. The molecule has 0 radical (unpaired) electrons. The van der Waals surface area contributed by atoms with Crippen LogP contribution in [0.1, 0.15) is 30.1 Å². The fourth-order valence-corrected chi connectivity index (χ4v) is 4.54. The van der Waals surface area contributed by atoms with Crippen LogP contribution in [0.25, 0.3) is 5.69 Å². The third kappa shape index (κ3) is 4.42. The van der Waals surface area contributed by atoms with Crippen molar-refractivity contribution in [3.05, 3.63) is 76.5 Å². The summed E-state index contributed by atoms with van der Waals surface area (Å²) < 4.78 is 69.2. The van der Waals surface area contributed by atoms with Crippen molar-refractivity contribution < 1.29 is 21.6 Å². The molecule has 0 amide bonds. The van der Waals surface area contributed by atoms with Gasteiger partial charge in [-0.25, -0.2) is 27.2 Å². The normalized spacial score (nSPS) is 14.7. The van der Waals surface area contributed by atoms with Crippen molar-refractivity contribution >= 4 is 10.0 Å². The standard InChI is InChI=1S/C20H19F3N4O3S/c21-20(22,23)16-8-4-5-9-17(16)31(29,30)24-12-13-26-19(28)27(15-6-2-1-3-7-15)18(25-26)14-10-11-14/h1-9,14,24H,10-13H2. The van der Waals surface area contributed by atoms with Crippen LogP contribution in [0.2, 0.25) is 0 Å². The van der Waals surface area contributed by atoms with Crippen molar-refractivity contribution in [1.29, 1.82) is 0 Å². The van der Waals surface area contributed by atoms with Gasteiger partial charge in [-0.1, -0.05) is 30.3 Å². The van der Waals surface area contributed by atoms with E-state index < -0.39 is 32.3 Å². The molecule has 1 aliphatic rings. The smallest absolute Gasteiger partial charge is 0.247 e. The number of aromatic nitrogens is 3. The van der Waals surface area contributed by atoms with Crippen LogP contribution < -0.4 is 10.4 Å². The summed E-state index contributed by atoms with van der Waals surface area (Å²) in [6, 6.07) is 12.9. The van der Waals surface area contributed by atoms with Gasteiger partial charge < -0.3 is 0 Å². The van der Waals surface area contributed by atoms with Gasteiger partial charge in [-0.05, 0) is 37.1 Å². The van der Waals surface area contributed by atoms with Gasteiger partial charge in [0.1, 0.15) is 5.82 Å². The van der Waals surface area contributed by atoms with E-state index in [4.69, 9.17) is 0 Å². The number of hydrogen-bond donors (Lipinski definition) is 1. The molecule has 2 aromatic carbocycles. The minimum absolute atomic E-state index is 0.119. The second-order valence-electron chi connectivity index (χ2n) is 7.20. The fraction of sp³-hybridized carbons (Fsp3) is 0.300. The van der Waals surface area contributed by atoms with Crippen LogP contribution in [0.3, 0.4) is 0 Å². The minimum atomic E-state index is -4.81. The van der Waals surface area contributed by atoms with E-state index in [1.54, 1.807) is 24.3 Å². The van der Waals surface area contributed by atoms with Crippen molar-refractivity contribution in [2.45, 2.75) is 36.4 Å². The number of benzene rings is 2. The molecule has 0 aliphatic heterocycles. The van der Waals surface area contributed by atoms with Gasteiger partial charge in [-0.15, -0.1) is 0 Å². The van der Waals surface area contributed by atoms with E-state index >= 15 is 0 Å². The summed E-state index contributed by atoms with van der Waals surface area (Å²) in [6.45, 7) is -0.407. The molecule has 0 atom stereocenters. The van der Waals surface area contributed by atoms with E-state index in [0.717, 1.165) is 29.7 Å². The predicted molar refractivity (Wildman–Crippen MR) is 106 cm³/mol. The summed E-state index contributed by atoms with van der Waals surface area (Å²) in [5, 5.41) is 4.35. The molecule has 0 spiro atoms. The second-order valence-corrected chi connectivity index (χ2v) is 8.94. The number of halogens is 3. The molecule has 0 unspecified atom stereocenters. The summed E-state index contributed by atoms with van der Waals surface area (Å²) in [7, 11) is -4.44. The van der Waals surface area contributed by atoms with Crippen LogP contribution in [-0.2, 0) is 22.7 Å². The Morgan fingerprint density at radius 1 is 1.03 bits per heavy atom. The molecule has 7 nitrogen and oxygen atoms in total. The molecule has 1 N–H and O–H groups in total. The highest BCUT2D eigenvalue weighted by atomic mass is 32.2. The summed E-state index contributed by atoms with van der Waals surface area (Å²) in [5.41, 5.74) is -1.02. The topological polar surface area (TPSA) is 86.0 Å².